The summed E-state index contributed by atoms with van der Waals surface area (Å²) >= 11 is 1.02. The maximum atomic E-state index is 12.2. The van der Waals surface area contributed by atoms with Gasteiger partial charge < -0.3 is 5.32 Å². The van der Waals surface area contributed by atoms with Gasteiger partial charge in [0.15, 0.2) is 0 Å². The zero-order chi connectivity index (χ0) is 16.1. The number of thiocyanates is 1. The second-order valence-electron chi connectivity index (χ2n) is 4.38. The lowest BCUT2D eigenvalue weighted by atomic mass is 10.1. The fourth-order valence-corrected chi connectivity index (χ4v) is 2.30. The number of nitriles is 1. The average Bonchev–Trinajstić information content (AvgIpc) is 2.49. The lowest BCUT2D eigenvalue weighted by molar-refractivity contribution is -0.385. The number of nitrogens with zero attached hydrogens (tertiary/aromatic N) is 2. The number of carbonyl (C=O) groups is 1. The Morgan fingerprint density at radius 2 is 1.95 bits per heavy atom. The highest BCUT2D eigenvalue weighted by atomic mass is 32.2. The number of nitro groups is 1. The molecule has 0 radical (unpaired) electrons. The Morgan fingerprint density at radius 3 is 2.55 bits per heavy atom. The Kier molecular flexibility index (Phi) is 4.76. The van der Waals surface area contributed by atoms with Gasteiger partial charge in [-0.25, -0.2) is 0 Å². The first kappa shape index (κ1) is 15.5. The summed E-state index contributed by atoms with van der Waals surface area (Å²) in [4.78, 5) is 23.4. The second-order valence-corrected chi connectivity index (χ2v) is 5.24. The van der Waals surface area contributed by atoms with E-state index in [-0.39, 0.29) is 11.3 Å². The highest BCUT2D eigenvalue weighted by Gasteiger charge is 2.17. The molecule has 1 amide bonds. The molecule has 6 nitrogen and oxygen atoms in total. The van der Waals surface area contributed by atoms with Gasteiger partial charge in [0.2, 0.25) is 0 Å². The first-order valence-electron chi connectivity index (χ1n) is 6.24. The van der Waals surface area contributed by atoms with Gasteiger partial charge in [-0.3, -0.25) is 14.9 Å². The average molecular weight is 313 g/mol. The van der Waals surface area contributed by atoms with Crippen LogP contribution in [0.3, 0.4) is 0 Å². The number of hydrogen-bond donors (Lipinski definition) is 1. The maximum absolute atomic E-state index is 12.2. The molecule has 0 saturated carbocycles. The van der Waals surface area contributed by atoms with E-state index in [1.165, 1.54) is 18.2 Å². The predicted octanol–water partition coefficient (Wildman–Crippen LogP) is 3.73. The molecule has 0 heterocycles. The van der Waals surface area contributed by atoms with Crippen LogP contribution in [0.1, 0.15) is 15.9 Å². The van der Waals surface area contributed by atoms with Gasteiger partial charge in [-0.05, 0) is 49.0 Å². The van der Waals surface area contributed by atoms with Crippen molar-refractivity contribution >= 4 is 29.0 Å². The van der Waals surface area contributed by atoms with Crippen LogP contribution >= 0.6 is 11.8 Å². The minimum atomic E-state index is -0.514. The number of benzene rings is 2. The van der Waals surface area contributed by atoms with E-state index in [0.29, 0.717) is 11.3 Å². The fraction of sp³-hybridized carbons (Fsp3) is 0.0667. The Bertz CT molecular complexity index is 767. The van der Waals surface area contributed by atoms with Crippen molar-refractivity contribution in [2.75, 3.05) is 5.32 Å². The van der Waals surface area contributed by atoms with Gasteiger partial charge in [0.1, 0.15) is 5.40 Å². The number of nitrogens with one attached hydrogen (secondary N) is 1. The Morgan fingerprint density at radius 1 is 1.27 bits per heavy atom. The molecule has 0 saturated heterocycles. The molecule has 0 fully saturated rings. The molecule has 2 rings (SSSR count). The molecule has 0 aliphatic carbocycles. The predicted molar refractivity (Wildman–Crippen MR) is 83.7 cm³/mol. The number of nitro benzene ring substituents is 1. The van der Waals surface area contributed by atoms with E-state index in [1.54, 1.807) is 31.2 Å². The van der Waals surface area contributed by atoms with E-state index >= 15 is 0 Å². The van der Waals surface area contributed by atoms with Gasteiger partial charge in [0, 0.05) is 27.8 Å². The quantitative estimate of drug-likeness (QED) is 0.401. The molecule has 0 atom stereocenters. The summed E-state index contributed by atoms with van der Waals surface area (Å²) in [6.45, 7) is 1.54. The Labute approximate surface area is 130 Å². The summed E-state index contributed by atoms with van der Waals surface area (Å²) in [5.41, 5.74) is 1.04. The zero-order valence-electron chi connectivity index (χ0n) is 11.6. The van der Waals surface area contributed by atoms with Crippen LogP contribution in [0.2, 0.25) is 0 Å². The van der Waals surface area contributed by atoms with Crippen LogP contribution in [0.4, 0.5) is 11.4 Å². The van der Waals surface area contributed by atoms with Gasteiger partial charge in [-0.1, -0.05) is 6.07 Å². The normalized spacial score (nSPS) is 9.82. The number of rotatable bonds is 4. The lowest BCUT2D eigenvalue weighted by Gasteiger charge is -2.08. The lowest BCUT2D eigenvalue weighted by Crippen LogP contribution is -2.14. The van der Waals surface area contributed by atoms with Gasteiger partial charge in [0.05, 0.1) is 4.92 Å². The van der Waals surface area contributed by atoms with E-state index in [4.69, 9.17) is 5.26 Å². The minimum absolute atomic E-state index is 0.0894. The molecule has 1 N–H and O–H groups in total. The molecule has 0 aliphatic heterocycles. The van der Waals surface area contributed by atoms with Crippen LogP contribution in [0.25, 0.3) is 0 Å². The molecule has 110 valence electrons. The molecule has 22 heavy (non-hydrogen) atoms. The maximum Gasteiger partial charge on any atom is 0.273 e. The third-order valence-electron chi connectivity index (χ3n) is 3.02. The molecule has 0 spiro atoms. The monoisotopic (exact) mass is 313 g/mol. The number of carbonyl (C=O) groups excluding carboxylic acids is 1. The van der Waals surface area contributed by atoms with Crippen LogP contribution in [-0.4, -0.2) is 10.8 Å². The highest BCUT2D eigenvalue weighted by molar-refractivity contribution is 8.03. The minimum Gasteiger partial charge on any atom is -0.322 e. The van der Waals surface area contributed by atoms with Crippen molar-refractivity contribution in [3.8, 4) is 5.40 Å². The van der Waals surface area contributed by atoms with Crippen LogP contribution in [0.5, 0.6) is 0 Å². The van der Waals surface area contributed by atoms with Crippen molar-refractivity contribution in [3.05, 3.63) is 63.7 Å². The summed E-state index contributed by atoms with van der Waals surface area (Å²) in [7, 11) is 0. The molecule has 0 aromatic heterocycles. The summed E-state index contributed by atoms with van der Waals surface area (Å²) in [5, 5.41) is 24.1. The van der Waals surface area contributed by atoms with Crippen LogP contribution in [0, 0.1) is 27.7 Å². The largest absolute Gasteiger partial charge is 0.322 e. The van der Waals surface area contributed by atoms with Gasteiger partial charge in [0.25, 0.3) is 11.6 Å². The number of amides is 1. The third kappa shape index (κ3) is 3.42. The summed E-state index contributed by atoms with van der Waals surface area (Å²) in [6.07, 6.45) is 0. The Balaban J connectivity index is 2.21. The molecule has 0 bridgehead atoms. The number of thioether (sulfide) groups is 1. The van der Waals surface area contributed by atoms with Crippen molar-refractivity contribution in [2.45, 2.75) is 11.8 Å². The van der Waals surface area contributed by atoms with Gasteiger partial charge in [-0.2, -0.15) is 5.26 Å². The van der Waals surface area contributed by atoms with Crippen LogP contribution in [-0.2, 0) is 0 Å². The Hall–Kier alpha value is -2.85. The van der Waals surface area contributed by atoms with Crippen molar-refractivity contribution < 1.29 is 9.72 Å². The number of anilines is 1. The summed E-state index contributed by atoms with van der Waals surface area (Å²) in [5.74, 6) is -0.415. The van der Waals surface area contributed by atoms with Gasteiger partial charge in [-0.15, -0.1) is 0 Å². The van der Waals surface area contributed by atoms with Crippen LogP contribution in [0.15, 0.2) is 47.4 Å². The van der Waals surface area contributed by atoms with E-state index in [9.17, 15) is 14.9 Å². The third-order valence-corrected chi connectivity index (χ3v) is 3.62. The highest BCUT2D eigenvalue weighted by Crippen LogP contribution is 2.23. The van der Waals surface area contributed by atoms with Crippen molar-refractivity contribution in [2.24, 2.45) is 0 Å². The smallest absolute Gasteiger partial charge is 0.273 e. The van der Waals surface area contributed by atoms with E-state index in [1.807, 2.05) is 5.40 Å². The molecular formula is C15H11N3O3S. The second kappa shape index (κ2) is 6.74. The molecule has 7 heteroatoms. The standard InChI is InChI=1S/C15H11N3O3S/c1-10-13(3-2-4-14(10)18(20)21)15(19)17-11-5-7-12(8-6-11)22-9-16/h2-8H,1H3,(H,17,19). The first-order chi connectivity index (χ1) is 10.5. The molecule has 2 aromatic carbocycles. The SMILES string of the molecule is Cc1c(C(=O)Nc2ccc(SC#N)cc2)cccc1[N+](=O)[O-]. The van der Waals surface area contributed by atoms with E-state index in [2.05, 4.69) is 5.32 Å². The molecular weight excluding hydrogens is 302 g/mol. The summed E-state index contributed by atoms with van der Waals surface area (Å²) in [6, 6.07) is 11.1. The van der Waals surface area contributed by atoms with E-state index < -0.39 is 10.8 Å². The summed E-state index contributed by atoms with van der Waals surface area (Å²) < 4.78 is 0. The zero-order valence-corrected chi connectivity index (χ0v) is 12.4. The topological polar surface area (TPSA) is 96.0 Å². The first-order valence-corrected chi connectivity index (χ1v) is 7.06. The van der Waals surface area contributed by atoms with Crippen LogP contribution < -0.4 is 5.32 Å². The molecule has 0 unspecified atom stereocenters. The van der Waals surface area contributed by atoms with Crippen molar-refractivity contribution in [3.63, 3.8) is 0 Å². The van der Waals surface area contributed by atoms with E-state index in [0.717, 1.165) is 16.7 Å². The molecule has 2 aromatic rings. The fourth-order valence-electron chi connectivity index (χ4n) is 1.92. The van der Waals surface area contributed by atoms with Crippen molar-refractivity contribution in [1.82, 2.24) is 0 Å². The van der Waals surface area contributed by atoms with Gasteiger partial charge >= 0.3 is 0 Å². The number of hydrogen-bond acceptors (Lipinski definition) is 5. The van der Waals surface area contributed by atoms with Crippen molar-refractivity contribution in [1.29, 1.82) is 5.26 Å². The molecule has 0 aliphatic rings.